The van der Waals surface area contributed by atoms with E-state index in [0.29, 0.717) is 14.5 Å². The SMILES string of the molecule is NC(=O)c1cc(Cl)cc(Cl)c1Br. The summed E-state index contributed by atoms with van der Waals surface area (Å²) < 4.78 is 0.473. The monoisotopic (exact) mass is 267 g/mol. The standard InChI is InChI=1S/C7H4BrCl2NO/c8-6-4(7(11)12)1-3(9)2-5(6)10/h1-2H,(H2,11,12). The van der Waals surface area contributed by atoms with E-state index in [1.165, 1.54) is 12.1 Å². The Morgan fingerprint density at radius 1 is 1.42 bits per heavy atom. The van der Waals surface area contributed by atoms with Gasteiger partial charge in [-0.2, -0.15) is 0 Å². The molecule has 0 aliphatic rings. The Hall–Kier alpha value is -0.250. The summed E-state index contributed by atoms with van der Waals surface area (Å²) in [4.78, 5) is 10.8. The number of carbonyl (C=O) groups excluding carboxylic acids is 1. The molecule has 1 amide bonds. The Balaban J connectivity index is 3.37. The van der Waals surface area contributed by atoms with Gasteiger partial charge in [0.05, 0.1) is 10.6 Å². The number of hydrogen-bond acceptors (Lipinski definition) is 1. The zero-order chi connectivity index (χ0) is 9.30. The maximum Gasteiger partial charge on any atom is 0.249 e. The second-order valence-corrected chi connectivity index (χ2v) is 3.75. The molecule has 2 N–H and O–H groups in total. The fraction of sp³-hybridized carbons (Fsp3) is 0. The highest BCUT2D eigenvalue weighted by molar-refractivity contribution is 9.10. The minimum Gasteiger partial charge on any atom is -0.366 e. The Kier molecular flexibility index (Phi) is 2.99. The van der Waals surface area contributed by atoms with Gasteiger partial charge in [-0.05, 0) is 28.1 Å². The molecule has 0 heterocycles. The molecule has 0 saturated heterocycles. The third-order valence-electron chi connectivity index (χ3n) is 1.26. The fourth-order valence-electron chi connectivity index (χ4n) is 0.735. The topological polar surface area (TPSA) is 43.1 Å². The molecule has 0 spiro atoms. The van der Waals surface area contributed by atoms with Gasteiger partial charge in [0, 0.05) is 9.50 Å². The minimum absolute atomic E-state index is 0.285. The first-order valence-corrected chi connectivity index (χ1v) is 4.51. The van der Waals surface area contributed by atoms with E-state index in [-0.39, 0.29) is 5.56 Å². The lowest BCUT2D eigenvalue weighted by Crippen LogP contribution is -2.11. The molecule has 64 valence electrons. The van der Waals surface area contributed by atoms with Crippen molar-refractivity contribution in [2.75, 3.05) is 0 Å². The van der Waals surface area contributed by atoms with Crippen LogP contribution in [0.2, 0.25) is 10.0 Å². The van der Waals surface area contributed by atoms with Gasteiger partial charge in [0.15, 0.2) is 0 Å². The first-order chi connectivity index (χ1) is 5.52. The van der Waals surface area contributed by atoms with E-state index in [1.54, 1.807) is 0 Å². The number of primary amides is 1. The molecule has 2 nitrogen and oxygen atoms in total. The van der Waals surface area contributed by atoms with Crippen LogP contribution in [-0.4, -0.2) is 5.91 Å². The van der Waals surface area contributed by atoms with Gasteiger partial charge < -0.3 is 5.73 Å². The number of halogens is 3. The van der Waals surface area contributed by atoms with Gasteiger partial charge in [-0.3, -0.25) is 4.79 Å². The van der Waals surface area contributed by atoms with E-state index in [2.05, 4.69) is 15.9 Å². The van der Waals surface area contributed by atoms with Gasteiger partial charge >= 0.3 is 0 Å². The van der Waals surface area contributed by atoms with Crippen molar-refractivity contribution in [1.82, 2.24) is 0 Å². The third kappa shape index (κ3) is 1.91. The molecule has 0 bridgehead atoms. The summed E-state index contributed by atoms with van der Waals surface area (Å²) in [5.74, 6) is -0.564. The highest BCUT2D eigenvalue weighted by Gasteiger charge is 2.10. The Bertz CT molecular complexity index is 340. The summed E-state index contributed by atoms with van der Waals surface area (Å²) in [6, 6.07) is 2.99. The van der Waals surface area contributed by atoms with Crippen LogP contribution in [-0.2, 0) is 0 Å². The molecular weight excluding hydrogens is 265 g/mol. The highest BCUT2D eigenvalue weighted by Crippen LogP contribution is 2.29. The maximum atomic E-state index is 10.8. The summed E-state index contributed by atoms with van der Waals surface area (Å²) in [5.41, 5.74) is 5.35. The van der Waals surface area contributed by atoms with E-state index in [9.17, 15) is 4.79 Å². The lowest BCUT2D eigenvalue weighted by Gasteiger charge is -2.02. The minimum atomic E-state index is -0.564. The zero-order valence-electron chi connectivity index (χ0n) is 5.77. The molecular formula is C7H4BrCl2NO. The second kappa shape index (κ2) is 3.64. The van der Waals surface area contributed by atoms with Gasteiger partial charge in [0.25, 0.3) is 0 Å². The summed E-state index contributed by atoms with van der Waals surface area (Å²) in [6.07, 6.45) is 0. The van der Waals surface area contributed by atoms with Crippen molar-refractivity contribution in [2.24, 2.45) is 5.73 Å². The lowest BCUT2D eigenvalue weighted by molar-refractivity contribution is 0.0999. The van der Waals surface area contributed by atoms with Crippen molar-refractivity contribution >= 4 is 45.0 Å². The molecule has 0 atom stereocenters. The van der Waals surface area contributed by atoms with Crippen LogP contribution in [0.3, 0.4) is 0 Å². The summed E-state index contributed by atoms with van der Waals surface area (Å²) in [5, 5.41) is 0.758. The molecule has 0 unspecified atom stereocenters. The predicted molar refractivity (Wildman–Crippen MR) is 52.7 cm³/mol. The average molecular weight is 269 g/mol. The molecule has 1 rings (SSSR count). The van der Waals surface area contributed by atoms with Crippen molar-refractivity contribution < 1.29 is 4.79 Å². The first kappa shape index (κ1) is 9.84. The molecule has 0 aliphatic carbocycles. The molecule has 0 radical (unpaired) electrons. The Labute approximate surface area is 87.8 Å². The molecule has 1 aromatic carbocycles. The van der Waals surface area contributed by atoms with Crippen LogP contribution in [0, 0.1) is 0 Å². The molecule has 0 saturated carbocycles. The van der Waals surface area contributed by atoms with E-state index in [0.717, 1.165) is 0 Å². The van der Waals surface area contributed by atoms with Crippen molar-refractivity contribution in [3.8, 4) is 0 Å². The summed E-state index contributed by atoms with van der Waals surface area (Å²) in [6.45, 7) is 0. The van der Waals surface area contributed by atoms with Crippen molar-refractivity contribution in [3.05, 3.63) is 32.2 Å². The molecule has 0 aliphatic heterocycles. The van der Waals surface area contributed by atoms with Gasteiger partial charge in [0.2, 0.25) is 5.91 Å². The van der Waals surface area contributed by atoms with Crippen molar-refractivity contribution in [2.45, 2.75) is 0 Å². The van der Waals surface area contributed by atoms with E-state index in [4.69, 9.17) is 28.9 Å². The predicted octanol–water partition coefficient (Wildman–Crippen LogP) is 2.85. The van der Waals surface area contributed by atoms with Gasteiger partial charge in [0.1, 0.15) is 0 Å². The quantitative estimate of drug-likeness (QED) is 0.782. The van der Waals surface area contributed by atoms with Gasteiger partial charge in [-0.15, -0.1) is 0 Å². The number of rotatable bonds is 1. The number of amides is 1. The highest BCUT2D eigenvalue weighted by atomic mass is 79.9. The van der Waals surface area contributed by atoms with Crippen LogP contribution in [0.25, 0.3) is 0 Å². The molecule has 1 aromatic rings. The van der Waals surface area contributed by atoms with Gasteiger partial charge in [-0.25, -0.2) is 0 Å². The number of nitrogens with two attached hydrogens (primary N) is 1. The van der Waals surface area contributed by atoms with Crippen LogP contribution in [0.15, 0.2) is 16.6 Å². The number of benzene rings is 1. The molecule has 5 heteroatoms. The normalized spacial score (nSPS) is 9.92. The Morgan fingerprint density at radius 3 is 2.50 bits per heavy atom. The molecule has 0 aromatic heterocycles. The zero-order valence-corrected chi connectivity index (χ0v) is 8.87. The smallest absolute Gasteiger partial charge is 0.249 e. The van der Waals surface area contributed by atoms with Crippen LogP contribution in [0.5, 0.6) is 0 Å². The first-order valence-electron chi connectivity index (χ1n) is 2.96. The van der Waals surface area contributed by atoms with Crippen LogP contribution < -0.4 is 5.73 Å². The third-order valence-corrected chi connectivity index (χ3v) is 2.86. The van der Waals surface area contributed by atoms with Crippen molar-refractivity contribution in [3.63, 3.8) is 0 Å². The summed E-state index contributed by atoms with van der Waals surface area (Å²) in [7, 11) is 0. The van der Waals surface area contributed by atoms with E-state index < -0.39 is 5.91 Å². The van der Waals surface area contributed by atoms with Crippen LogP contribution >= 0.6 is 39.1 Å². The Morgan fingerprint density at radius 2 is 2.00 bits per heavy atom. The largest absolute Gasteiger partial charge is 0.366 e. The lowest BCUT2D eigenvalue weighted by atomic mass is 10.2. The van der Waals surface area contributed by atoms with Crippen LogP contribution in [0.1, 0.15) is 10.4 Å². The fourth-order valence-corrected chi connectivity index (χ4v) is 1.65. The van der Waals surface area contributed by atoms with E-state index in [1.807, 2.05) is 0 Å². The second-order valence-electron chi connectivity index (χ2n) is 2.11. The molecule has 12 heavy (non-hydrogen) atoms. The van der Waals surface area contributed by atoms with E-state index >= 15 is 0 Å². The molecule has 0 fully saturated rings. The summed E-state index contributed by atoms with van der Waals surface area (Å²) >= 11 is 14.5. The van der Waals surface area contributed by atoms with Gasteiger partial charge in [-0.1, -0.05) is 23.2 Å². The van der Waals surface area contributed by atoms with Crippen molar-refractivity contribution in [1.29, 1.82) is 0 Å². The maximum absolute atomic E-state index is 10.8. The van der Waals surface area contributed by atoms with Crippen LogP contribution in [0.4, 0.5) is 0 Å². The number of hydrogen-bond donors (Lipinski definition) is 1. The average Bonchev–Trinajstić information content (AvgIpc) is 1.96. The number of carbonyl (C=O) groups is 1.